The third-order valence-electron chi connectivity index (χ3n) is 4.11. The van der Waals surface area contributed by atoms with Crippen molar-refractivity contribution in [2.45, 2.75) is 13.8 Å². The van der Waals surface area contributed by atoms with Gasteiger partial charge in [0.1, 0.15) is 11.8 Å². The molecular weight excluding hydrogens is 332 g/mol. The van der Waals surface area contributed by atoms with Crippen molar-refractivity contribution in [3.05, 3.63) is 58.0 Å². The monoisotopic (exact) mass is 350 g/mol. The number of nitriles is 1. The largest absolute Gasteiger partial charge is 0.461 e. The summed E-state index contributed by atoms with van der Waals surface area (Å²) in [5, 5.41) is 11.5. The molecule has 0 radical (unpaired) electrons. The van der Waals surface area contributed by atoms with Gasteiger partial charge in [0.15, 0.2) is 0 Å². The minimum Gasteiger partial charge on any atom is -0.461 e. The van der Waals surface area contributed by atoms with Crippen LogP contribution in [0.15, 0.2) is 41.9 Å². The summed E-state index contributed by atoms with van der Waals surface area (Å²) in [6.45, 7) is 4.16. The number of esters is 1. The smallest absolute Gasteiger partial charge is 0.355 e. The first kappa shape index (κ1) is 17.0. The van der Waals surface area contributed by atoms with Gasteiger partial charge in [-0.1, -0.05) is 24.3 Å². The van der Waals surface area contributed by atoms with Crippen LogP contribution in [0.4, 0.5) is 0 Å². The van der Waals surface area contributed by atoms with E-state index < -0.39 is 5.97 Å². The maximum atomic E-state index is 12.3. The van der Waals surface area contributed by atoms with E-state index in [2.05, 4.69) is 24.4 Å². The molecule has 0 aliphatic heterocycles. The van der Waals surface area contributed by atoms with Gasteiger partial charge in [-0.3, -0.25) is 0 Å². The fourth-order valence-corrected chi connectivity index (χ4v) is 3.67. The van der Waals surface area contributed by atoms with Crippen molar-refractivity contribution < 1.29 is 9.53 Å². The zero-order valence-electron chi connectivity index (χ0n) is 14.4. The molecule has 0 spiro atoms. The Morgan fingerprint density at radius 2 is 1.92 bits per heavy atom. The van der Waals surface area contributed by atoms with Crippen molar-refractivity contribution in [1.29, 1.82) is 5.26 Å². The van der Waals surface area contributed by atoms with Gasteiger partial charge in [-0.15, -0.1) is 11.3 Å². The van der Waals surface area contributed by atoms with E-state index in [0.29, 0.717) is 23.4 Å². The zero-order valence-corrected chi connectivity index (χ0v) is 15.2. The fourth-order valence-electron chi connectivity index (χ4n) is 2.95. The van der Waals surface area contributed by atoms with E-state index in [1.54, 1.807) is 36.1 Å². The van der Waals surface area contributed by atoms with E-state index in [-0.39, 0.29) is 0 Å². The van der Waals surface area contributed by atoms with Gasteiger partial charge < -0.3 is 9.30 Å². The molecule has 0 saturated carbocycles. The average molecular weight is 350 g/mol. The number of hydrogen-bond acceptors (Lipinski definition) is 4. The fraction of sp³-hybridized carbons (Fsp3) is 0.200. The number of rotatable bonds is 4. The molecule has 0 aliphatic rings. The minimum absolute atomic E-state index is 0.293. The first-order valence-electron chi connectivity index (χ1n) is 7.98. The normalized spacial score (nSPS) is 10.5. The summed E-state index contributed by atoms with van der Waals surface area (Å²) in [6.07, 6.45) is 1.67. The van der Waals surface area contributed by atoms with Crippen LogP contribution in [0, 0.1) is 18.3 Å². The highest BCUT2D eigenvalue weighted by atomic mass is 32.1. The maximum Gasteiger partial charge on any atom is 0.355 e. The molecule has 0 bridgehead atoms. The standard InChI is InChI=1S/C20H18N2O2S/c1-4-24-20(23)19-18(16(11-21)12-22(19)3)15-7-5-14(6-8-15)17-9-10-25-13(17)2/h5-10,12H,4H2,1-3H3. The van der Waals surface area contributed by atoms with Crippen molar-refractivity contribution in [3.63, 3.8) is 0 Å². The molecule has 0 unspecified atom stereocenters. The number of aromatic nitrogens is 1. The maximum absolute atomic E-state index is 12.3. The van der Waals surface area contributed by atoms with Crippen LogP contribution < -0.4 is 0 Å². The summed E-state index contributed by atoms with van der Waals surface area (Å²) in [5.74, 6) is -0.417. The molecule has 0 N–H and O–H groups in total. The Bertz CT molecular complexity index is 959. The molecule has 0 amide bonds. The summed E-state index contributed by atoms with van der Waals surface area (Å²) >= 11 is 1.71. The SMILES string of the molecule is CCOC(=O)c1c(-c2ccc(-c3ccsc3C)cc2)c(C#N)cn1C. The van der Waals surface area contributed by atoms with Crippen molar-refractivity contribution in [1.82, 2.24) is 4.57 Å². The second-order valence-corrected chi connectivity index (χ2v) is 6.80. The molecule has 0 atom stereocenters. The number of nitrogens with zero attached hydrogens (tertiary/aromatic N) is 2. The molecule has 0 aliphatic carbocycles. The van der Waals surface area contributed by atoms with Crippen LogP contribution in [0.2, 0.25) is 0 Å². The molecule has 2 aromatic heterocycles. The first-order chi connectivity index (χ1) is 12.1. The third-order valence-corrected chi connectivity index (χ3v) is 4.96. The van der Waals surface area contributed by atoms with Crippen LogP contribution in [0.3, 0.4) is 0 Å². The molecule has 126 valence electrons. The molecule has 1 aromatic carbocycles. The lowest BCUT2D eigenvalue weighted by atomic mass is 9.98. The number of aryl methyl sites for hydroxylation is 2. The highest BCUT2D eigenvalue weighted by molar-refractivity contribution is 7.10. The lowest BCUT2D eigenvalue weighted by molar-refractivity contribution is 0.0516. The molecule has 0 saturated heterocycles. The number of hydrogen-bond donors (Lipinski definition) is 0. The second kappa shape index (κ2) is 6.96. The first-order valence-corrected chi connectivity index (χ1v) is 8.86. The molecule has 4 nitrogen and oxygen atoms in total. The molecule has 0 fully saturated rings. The number of benzene rings is 1. The number of thiophene rings is 1. The second-order valence-electron chi connectivity index (χ2n) is 5.68. The predicted octanol–water partition coefficient (Wildman–Crippen LogP) is 4.78. The number of ether oxygens (including phenoxy) is 1. The molecule has 3 aromatic rings. The van der Waals surface area contributed by atoms with Crippen LogP contribution >= 0.6 is 11.3 Å². The van der Waals surface area contributed by atoms with Crippen LogP contribution in [0.25, 0.3) is 22.3 Å². The van der Waals surface area contributed by atoms with E-state index in [9.17, 15) is 10.1 Å². The Kier molecular flexibility index (Phi) is 4.73. The summed E-state index contributed by atoms with van der Waals surface area (Å²) < 4.78 is 6.81. The summed E-state index contributed by atoms with van der Waals surface area (Å²) in [4.78, 5) is 13.6. The third kappa shape index (κ3) is 3.09. The van der Waals surface area contributed by atoms with Crippen LogP contribution in [0.5, 0.6) is 0 Å². The minimum atomic E-state index is -0.417. The van der Waals surface area contributed by atoms with Crippen molar-refractivity contribution in [3.8, 4) is 28.3 Å². The van der Waals surface area contributed by atoms with Gasteiger partial charge in [0.05, 0.1) is 12.2 Å². The van der Waals surface area contributed by atoms with Gasteiger partial charge in [-0.2, -0.15) is 5.26 Å². The van der Waals surface area contributed by atoms with Gasteiger partial charge in [0.2, 0.25) is 0 Å². The van der Waals surface area contributed by atoms with Gasteiger partial charge >= 0.3 is 5.97 Å². The van der Waals surface area contributed by atoms with E-state index in [4.69, 9.17) is 4.74 Å². The van der Waals surface area contributed by atoms with Gasteiger partial charge in [-0.25, -0.2) is 4.79 Å². The van der Waals surface area contributed by atoms with Gasteiger partial charge in [-0.05, 0) is 42.0 Å². The van der Waals surface area contributed by atoms with Crippen molar-refractivity contribution >= 4 is 17.3 Å². The lowest BCUT2D eigenvalue weighted by Crippen LogP contribution is -2.10. The summed E-state index contributed by atoms with van der Waals surface area (Å²) in [7, 11) is 1.75. The Balaban J connectivity index is 2.09. The van der Waals surface area contributed by atoms with E-state index in [1.165, 1.54) is 10.4 Å². The van der Waals surface area contributed by atoms with Crippen LogP contribution in [0.1, 0.15) is 27.9 Å². The summed E-state index contributed by atoms with van der Waals surface area (Å²) in [5.41, 5.74) is 4.64. The van der Waals surface area contributed by atoms with Gasteiger partial charge in [0, 0.05) is 23.7 Å². The zero-order chi connectivity index (χ0) is 18.0. The van der Waals surface area contributed by atoms with E-state index in [1.807, 2.05) is 24.3 Å². The highest BCUT2D eigenvalue weighted by Gasteiger charge is 2.22. The predicted molar refractivity (Wildman–Crippen MR) is 99.6 cm³/mol. The number of carbonyl (C=O) groups excluding carboxylic acids is 1. The van der Waals surface area contributed by atoms with E-state index >= 15 is 0 Å². The van der Waals surface area contributed by atoms with Gasteiger partial charge in [0.25, 0.3) is 0 Å². The Hall–Kier alpha value is -2.84. The molecule has 3 rings (SSSR count). The topological polar surface area (TPSA) is 55.0 Å². The quantitative estimate of drug-likeness (QED) is 0.636. The highest BCUT2D eigenvalue weighted by Crippen LogP contribution is 2.33. The van der Waals surface area contributed by atoms with Crippen LogP contribution in [-0.4, -0.2) is 17.1 Å². The Morgan fingerprint density at radius 1 is 1.24 bits per heavy atom. The lowest BCUT2D eigenvalue weighted by Gasteiger charge is -2.08. The number of carbonyl (C=O) groups is 1. The molecule has 5 heteroatoms. The molecule has 2 heterocycles. The Labute approximate surface area is 150 Å². The van der Waals surface area contributed by atoms with E-state index in [0.717, 1.165) is 11.1 Å². The molecule has 25 heavy (non-hydrogen) atoms. The molecular formula is C20H18N2O2S. The Morgan fingerprint density at radius 3 is 2.48 bits per heavy atom. The average Bonchev–Trinajstić information content (AvgIpc) is 3.18. The van der Waals surface area contributed by atoms with Crippen LogP contribution in [-0.2, 0) is 11.8 Å². The summed E-state index contributed by atoms with van der Waals surface area (Å²) in [6, 6.07) is 12.2. The van der Waals surface area contributed by atoms with Crippen molar-refractivity contribution in [2.75, 3.05) is 6.61 Å². The van der Waals surface area contributed by atoms with Crippen molar-refractivity contribution in [2.24, 2.45) is 7.05 Å².